The normalized spacial score (nSPS) is 15.5. The largest absolute Gasteiger partial charge is 0.485 e. The molecule has 0 saturated heterocycles. The number of hydrogen-bond donors (Lipinski definition) is 0. The van der Waals surface area contributed by atoms with Crippen LogP contribution in [0, 0.1) is 6.92 Å². The van der Waals surface area contributed by atoms with Gasteiger partial charge in [0, 0.05) is 10.9 Å². The lowest BCUT2D eigenvalue weighted by atomic mass is 10.2. The molecule has 0 bridgehead atoms. The van der Waals surface area contributed by atoms with Crippen molar-refractivity contribution < 1.29 is 19.0 Å². The van der Waals surface area contributed by atoms with E-state index in [1.165, 1.54) is 16.9 Å². The van der Waals surface area contributed by atoms with E-state index in [1.54, 1.807) is 12.1 Å². The number of fused-ring (bicyclic) bond motifs is 1. The predicted octanol–water partition coefficient (Wildman–Crippen LogP) is 4.00. The third-order valence-electron chi connectivity index (χ3n) is 3.98. The van der Waals surface area contributed by atoms with E-state index in [-0.39, 0.29) is 13.2 Å². The number of aromatic nitrogens is 1. The van der Waals surface area contributed by atoms with E-state index >= 15 is 0 Å². The van der Waals surface area contributed by atoms with Crippen molar-refractivity contribution in [3.63, 3.8) is 0 Å². The summed E-state index contributed by atoms with van der Waals surface area (Å²) >= 11 is 1.53. The van der Waals surface area contributed by atoms with Gasteiger partial charge in [0.05, 0.1) is 5.69 Å². The highest BCUT2D eigenvalue weighted by Crippen LogP contribution is 2.31. The highest BCUT2D eigenvalue weighted by atomic mass is 32.1. The zero-order chi connectivity index (χ0) is 17.9. The SMILES string of the molecule is Cc1ccc(-c2nc(COC(=O)[C@H]3COc4ccccc4O3)cs2)cc1. The van der Waals surface area contributed by atoms with Crippen LogP contribution in [-0.4, -0.2) is 23.7 Å². The fourth-order valence-corrected chi connectivity index (χ4v) is 3.39. The second-order valence-electron chi connectivity index (χ2n) is 5.98. The van der Waals surface area contributed by atoms with E-state index in [9.17, 15) is 4.79 Å². The Labute approximate surface area is 155 Å². The van der Waals surface area contributed by atoms with Gasteiger partial charge in [-0.15, -0.1) is 11.3 Å². The van der Waals surface area contributed by atoms with Gasteiger partial charge in [0.15, 0.2) is 11.5 Å². The van der Waals surface area contributed by atoms with Crippen LogP contribution < -0.4 is 9.47 Å². The lowest BCUT2D eigenvalue weighted by molar-refractivity contribution is -0.156. The summed E-state index contributed by atoms with van der Waals surface area (Å²) in [5.74, 6) is 0.735. The maximum absolute atomic E-state index is 12.2. The average Bonchev–Trinajstić information content (AvgIpc) is 3.15. The number of para-hydroxylation sites is 2. The Balaban J connectivity index is 1.36. The van der Waals surface area contributed by atoms with Crippen molar-refractivity contribution in [2.45, 2.75) is 19.6 Å². The fourth-order valence-electron chi connectivity index (χ4n) is 2.58. The molecule has 1 aromatic heterocycles. The van der Waals surface area contributed by atoms with Gasteiger partial charge in [0.2, 0.25) is 6.10 Å². The topological polar surface area (TPSA) is 57.7 Å². The van der Waals surface area contributed by atoms with Gasteiger partial charge in [0.25, 0.3) is 0 Å². The van der Waals surface area contributed by atoms with Gasteiger partial charge in [-0.1, -0.05) is 42.0 Å². The zero-order valence-corrected chi connectivity index (χ0v) is 15.0. The molecular weight excluding hydrogens is 350 g/mol. The zero-order valence-electron chi connectivity index (χ0n) is 14.2. The van der Waals surface area contributed by atoms with Crippen molar-refractivity contribution in [3.8, 4) is 22.1 Å². The molecule has 132 valence electrons. The molecule has 0 N–H and O–H groups in total. The molecule has 1 atom stereocenters. The Morgan fingerprint density at radius 1 is 1.19 bits per heavy atom. The summed E-state index contributed by atoms with van der Waals surface area (Å²) in [4.78, 5) is 16.8. The van der Waals surface area contributed by atoms with E-state index in [0.29, 0.717) is 11.5 Å². The maximum Gasteiger partial charge on any atom is 0.351 e. The van der Waals surface area contributed by atoms with Crippen LogP contribution in [0.25, 0.3) is 10.6 Å². The number of esters is 1. The molecule has 1 aliphatic rings. The monoisotopic (exact) mass is 367 g/mol. The van der Waals surface area contributed by atoms with Crippen LogP contribution in [0.2, 0.25) is 0 Å². The number of benzene rings is 2. The molecule has 5 nitrogen and oxygen atoms in total. The Hall–Kier alpha value is -2.86. The molecule has 0 fully saturated rings. The second-order valence-corrected chi connectivity index (χ2v) is 6.84. The van der Waals surface area contributed by atoms with Crippen LogP contribution in [0.1, 0.15) is 11.3 Å². The minimum Gasteiger partial charge on any atom is -0.485 e. The van der Waals surface area contributed by atoms with E-state index < -0.39 is 12.1 Å². The van der Waals surface area contributed by atoms with Gasteiger partial charge in [-0.25, -0.2) is 9.78 Å². The number of aryl methyl sites for hydroxylation is 1. The number of thiazole rings is 1. The first-order valence-electron chi connectivity index (χ1n) is 8.25. The Kier molecular flexibility index (Phi) is 4.58. The summed E-state index contributed by atoms with van der Waals surface area (Å²) in [6, 6.07) is 15.4. The van der Waals surface area contributed by atoms with E-state index in [0.717, 1.165) is 16.3 Å². The minimum atomic E-state index is -0.764. The summed E-state index contributed by atoms with van der Waals surface area (Å²) in [6.45, 7) is 2.30. The van der Waals surface area contributed by atoms with Crippen LogP contribution in [0.3, 0.4) is 0 Å². The van der Waals surface area contributed by atoms with Crippen molar-refractivity contribution in [1.29, 1.82) is 0 Å². The molecule has 6 heteroatoms. The first-order valence-corrected chi connectivity index (χ1v) is 9.13. The van der Waals surface area contributed by atoms with Crippen molar-refractivity contribution in [1.82, 2.24) is 4.98 Å². The lowest BCUT2D eigenvalue weighted by Gasteiger charge is -2.24. The average molecular weight is 367 g/mol. The van der Waals surface area contributed by atoms with E-state index in [4.69, 9.17) is 14.2 Å². The molecule has 0 radical (unpaired) electrons. The van der Waals surface area contributed by atoms with Crippen LogP contribution in [-0.2, 0) is 16.1 Å². The molecular formula is C20H17NO4S. The standard InChI is InChI=1S/C20H17NO4S/c1-13-6-8-14(9-7-13)19-21-15(12-26-19)10-24-20(22)18-11-23-16-4-2-3-5-17(16)25-18/h2-9,12,18H,10-11H2,1H3/t18-/m1/s1. The third-order valence-corrected chi connectivity index (χ3v) is 4.92. The summed E-state index contributed by atoms with van der Waals surface area (Å²) in [5, 5.41) is 2.80. The van der Waals surface area contributed by atoms with Crippen LogP contribution >= 0.6 is 11.3 Å². The maximum atomic E-state index is 12.2. The number of ether oxygens (including phenoxy) is 3. The van der Waals surface area contributed by atoms with E-state index in [1.807, 2.05) is 36.6 Å². The number of carbonyl (C=O) groups excluding carboxylic acids is 1. The van der Waals surface area contributed by atoms with Gasteiger partial charge in [-0.05, 0) is 19.1 Å². The predicted molar refractivity (Wildman–Crippen MR) is 98.4 cm³/mol. The summed E-state index contributed by atoms with van der Waals surface area (Å²) in [6.07, 6.45) is -0.764. The van der Waals surface area contributed by atoms with Crippen LogP contribution in [0.15, 0.2) is 53.9 Å². The highest BCUT2D eigenvalue weighted by molar-refractivity contribution is 7.13. The number of carbonyl (C=O) groups is 1. The highest BCUT2D eigenvalue weighted by Gasteiger charge is 2.28. The molecule has 0 amide bonds. The molecule has 3 aromatic rings. The smallest absolute Gasteiger partial charge is 0.351 e. The molecule has 2 aromatic carbocycles. The fraction of sp³-hybridized carbons (Fsp3) is 0.200. The Morgan fingerprint density at radius 2 is 1.96 bits per heavy atom. The van der Waals surface area contributed by atoms with Gasteiger partial charge in [-0.2, -0.15) is 0 Å². The molecule has 0 spiro atoms. The second kappa shape index (κ2) is 7.17. The van der Waals surface area contributed by atoms with Crippen molar-refractivity contribution in [2.75, 3.05) is 6.61 Å². The first kappa shape index (κ1) is 16.6. The summed E-state index contributed by atoms with van der Waals surface area (Å²) in [5.41, 5.74) is 2.98. The quantitative estimate of drug-likeness (QED) is 0.652. The minimum absolute atomic E-state index is 0.114. The van der Waals surface area contributed by atoms with Gasteiger partial charge >= 0.3 is 5.97 Å². The van der Waals surface area contributed by atoms with Crippen molar-refractivity contribution >= 4 is 17.3 Å². The molecule has 4 rings (SSSR count). The molecule has 26 heavy (non-hydrogen) atoms. The molecule has 0 saturated carbocycles. The number of rotatable bonds is 4. The van der Waals surface area contributed by atoms with Crippen molar-refractivity contribution in [3.05, 3.63) is 65.2 Å². The van der Waals surface area contributed by atoms with E-state index in [2.05, 4.69) is 17.1 Å². The third kappa shape index (κ3) is 3.55. The molecule has 0 aliphatic carbocycles. The Bertz CT molecular complexity index is 920. The molecule has 0 unspecified atom stereocenters. The summed E-state index contributed by atoms with van der Waals surface area (Å²) in [7, 11) is 0. The molecule has 1 aliphatic heterocycles. The van der Waals surface area contributed by atoms with Crippen molar-refractivity contribution in [2.24, 2.45) is 0 Å². The number of nitrogens with zero attached hydrogens (tertiary/aromatic N) is 1. The number of hydrogen-bond acceptors (Lipinski definition) is 6. The van der Waals surface area contributed by atoms with Gasteiger partial charge in [0.1, 0.15) is 18.2 Å². The molecule has 2 heterocycles. The lowest BCUT2D eigenvalue weighted by Crippen LogP contribution is -2.37. The first-order chi connectivity index (χ1) is 12.7. The summed E-state index contributed by atoms with van der Waals surface area (Å²) < 4.78 is 16.5. The van der Waals surface area contributed by atoms with Crippen LogP contribution in [0.5, 0.6) is 11.5 Å². The van der Waals surface area contributed by atoms with Gasteiger partial charge < -0.3 is 14.2 Å². The Morgan fingerprint density at radius 3 is 2.77 bits per heavy atom. The van der Waals surface area contributed by atoms with Crippen LogP contribution in [0.4, 0.5) is 0 Å². The van der Waals surface area contributed by atoms with Gasteiger partial charge in [-0.3, -0.25) is 0 Å².